The number of piperidine rings is 1. The van der Waals surface area contributed by atoms with Crippen molar-refractivity contribution in [1.29, 1.82) is 0 Å². The van der Waals surface area contributed by atoms with E-state index in [0.717, 1.165) is 38.9 Å². The molecule has 0 N–H and O–H groups in total. The standard InChI is InChI=1S/C10H20N2O2.C3H9N.C2H6/c1-11(2)8-10(14-3)4-6-12(9-13)7-5-10;1-4(2)3;1-2/h9H,4-8H2,1-3H3;1-3H3;1-2H3. The predicted molar refractivity (Wildman–Crippen MR) is 86.1 cm³/mol. The Bertz CT molecular complexity index is 222. The van der Waals surface area contributed by atoms with Crippen LogP contribution in [0, 0.1) is 0 Å². The summed E-state index contributed by atoms with van der Waals surface area (Å²) in [7, 11) is 11.9. The predicted octanol–water partition coefficient (Wildman–Crippen LogP) is 1.39. The lowest BCUT2D eigenvalue weighted by Crippen LogP contribution is -2.50. The number of carbonyl (C=O) groups excluding carboxylic acids is 1. The van der Waals surface area contributed by atoms with Gasteiger partial charge < -0.3 is 19.4 Å². The van der Waals surface area contributed by atoms with Crippen molar-refractivity contribution >= 4 is 6.41 Å². The van der Waals surface area contributed by atoms with Crippen LogP contribution in [0.1, 0.15) is 26.7 Å². The van der Waals surface area contributed by atoms with Crippen molar-refractivity contribution in [3.8, 4) is 0 Å². The molecule has 0 saturated carbocycles. The lowest BCUT2D eigenvalue weighted by Gasteiger charge is -2.41. The Labute approximate surface area is 125 Å². The van der Waals surface area contributed by atoms with E-state index >= 15 is 0 Å². The molecule has 5 nitrogen and oxygen atoms in total. The van der Waals surface area contributed by atoms with Gasteiger partial charge in [0.2, 0.25) is 6.41 Å². The van der Waals surface area contributed by atoms with E-state index in [4.69, 9.17) is 4.74 Å². The zero-order valence-electron chi connectivity index (χ0n) is 14.8. The summed E-state index contributed by atoms with van der Waals surface area (Å²) in [5.41, 5.74) is -0.0526. The molecule has 0 atom stereocenters. The summed E-state index contributed by atoms with van der Waals surface area (Å²) >= 11 is 0. The van der Waals surface area contributed by atoms with E-state index in [2.05, 4.69) is 4.90 Å². The van der Waals surface area contributed by atoms with Crippen LogP contribution in [0.4, 0.5) is 0 Å². The highest BCUT2D eigenvalue weighted by Gasteiger charge is 2.34. The van der Waals surface area contributed by atoms with Gasteiger partial charge in [-0.1, -0.05) is 13.8 Å². The highest BCUT2D eigenvalue weighted by molar-refractivity contribution is 5.47. The lowest BCUT2D eigenvalue weighted by molar-refractivity contribution is -0.124. The molecule has 0 bridgehead atoms. The van der Waals surface area contributed by atoms with Gasteiger partial charge in [0.05, 0.1) is 5.60 Å². The summed E-state index contributed by atoms with van der Waals surface area (Å²) in [4.78, 5) is 16.5. The third-order valence-electron chi connectivity index (χ3n) is 2.90. The van der Waals surface area contributed by atoms with Gasteiger partial charge in [0.1, 0.15) is 0 Å². The zero-order chi connectivity index (χ0) is 16.2. The molecule has 20 heavy (non-hydrogen) atoms. The van der Waals surface area contributed by atoms with Crippen molar-refractivity contribution in [1.82, 2.24) is 14.7 Å². The zero-order valence-corrected chi connectivity index (χ0v) is 14.8. The normalized spacial score (nSPS) is 17.0. The van der Waals surface area contributed by atoms with Crippen molar-refractivity contribution in [2.75, 3.05) is 62.0 Å². The van der Waals surface area contributed by atoms with Crippen LogP contribution in [0.3, 0.4) is 0 Å². The molecule has 0 aromatic heterocycles. The largest absolute Gasteiger partial charge is 0.377 e. The van der Waals surface area contributed by atoms with Crippen LogP contribution in [0.15, 0.2) is 0 Å². The first-order valence-corrected chi connectivity index (χ1v) is 7.35. The number of rotatable bonds is 4. The lowest BCUT2D eigenvalue weighted by atomic mass is 9.91. The molecular weight excluding hydrogens is 254 g/mol. The minimum Gasteiger partial charge on any atom is -0.377 e. The number of carbonyl (C=O) groups is 1. The fourth-order valence-corrected chi connectivity index (χ4v) is 2.04. The molecule has 0 unspecified atom stereocenters. The SMILES string of the molecule is CC.CN(C)C.COC1(CN(C)C)CCN(C=O)CC1. The van der Waals surface area contributed by atoms with E-state index in [0.29, 0.717) is 0 Å². The smallest absolute Gasteiger partial charge is 0.209 e. The van der Waals surface area contributed by atoms with Gasteiger partial charge in [-0.05, 0) is 48.1 Å². The van der Waals surface area contributed by atoms with E-state index in [9.17, 15) is 4.79 Å². The summed E-state index contributed by atoms with van der Waals surface area (Å²) in [6, 6.07) is 0. The molecular formula is C15H35N3O2. The third-order valence-corrected chi connectivity index (χ3v) is 2.90. The van der Waals surface area contributed by atoms with Crippen molar-refractivity contribution < 1.29 is 9.53 Å². The molecule has 0 aromatic carbocycles. The summed E-state index contributed by atoms with van der Waals surface area (Å²) in [6.45, 7) is 6.55. The van der Waals surface area contributed by atoms with E-state index in [1.54, 1.807) is 7.11 Å². The Hall–Kier alpha value is -0.650. The Morgan fingerprint density at radius 3 is 1.75 bits per heavy atom. The van der Waals surface area contributed by atoms with E-state index < -0.39 is 0 Å². The summed E-state index contributed by atoms with van der Waals surface area (Å²) < 4.78 is 5.60. The molecule has 1 heterocycles. The first-order chi connectivity index (χ1) is 9.35. The molecule has 1 aliphatic heterocycles. The third kappa shape index (κ3) is 10.2. The van der Waals surface area contributed by atoms with Crippen molar-refractivity contribution in [3.05, 3.63) is 0 Å². The number of hydrogen-bond donors (Lipinski definition) is 0. The fraction of sp³-hybridized carbons (Fsp3) is 0.933. The van der Waals surface area contributed by atoms with Gasteiger partial charge in [0.15, 0.2) is 0 Å². The molecule has 0 spiro atoms. The number of likely N-dealkylation sites (tertiary alicyclic amines) is 1. The van der Waals surface area contributed by atoms with Gasteiger partial charge in [-0.3, -0.25) is 4.79 Å². The van der Waals surface area contributed by atoms with Crippen molar-refractivity contribution in [2.24, 2.45) is 0 Å². The van der Waals surface area contributed by atoms with Crippen LogP contribution in [0.5, 0.6) is 0 Å². The van der Waals surface area contributed by atoms with Crippen molar-refractivity contribution in [2.45, 2.75) is 32.3 Å². The summed E-state index contributed by atoms with van der Waals surface area (Å²) in [6.07, 6.45) is 2.79. The molecule has 0 radical (unpaired) electrons. The van der Waals surface area contributed by atoms with E-state index in [-0.39, 0.29) is 5.60 Å². The van der Waals surface area contributed by atoms with E-state index in [1.807, 2.05) is 58.9 Å². The highest BCUT2D eigenvalue weighted by Crippen LogP contribution is 2.25. The molecule has 0 aliphatic carbocycles. The topological polar surface area (TPSA) is 36.0 Å². The number of ether oxygens (including phenoxy) is 1. The van der Waals surface area contributed by atoms with E-state index in [1.165, 1.54) is 0 Å². The number of nitrogens with zero attached hydrogens (tertiary/aromatic N) is 3. The maximum absolute atomic E-state index is 10.6. The molecule has 1 amide bonds. The Balaban J connectivity index is 0. The van der Waals surface area contributed by atoms with Gasteiger partial charge in [-0.25, -0.2) is 0 Å². The molecule has 5 heteroatoms. The van der Waals surface area contributed by atoms with Gasteiger partial charge in [-0.2, -0.15) is 0 Å². The molecule has 1 rings (SSSR count). The number of hydrogen-bond acceptors (Lipinski definition) is 4. The number of amides is 1. The Morgan fingerprint density at radius 1 is 1.10 bits per heavy atom. The highest BCUT2D eigenvalue weighted by atomic mass is 16.5. The van der Waals surface area contributed by atoms with Gasteiger partial charge >= 0.3 is 0 Å². The van der Waals surface area contributed by atoms with Crippen LogP contribution in [-0.4, -0.2) is 88.7 Å². The number of likely N-dealkylation sites (N-methyl/N-ethyl adjacent to an activating group) is 1. The second-order valence-electron chi connectivity index (χ2n) is 5.61. The quantitative estimate of drug-likeness (QED) is 0.733. The van der Waals surface area contributed by atoms with Crippen LogP contribution in [0.25, 0.3) is 0 Å². The molecule has 122 valence electrons. The Kier molecular flexibility index (Phi) is 13.1. The minimum absolute atomic E-state index is 0.0526. The minimum atomic E-state index is -0.0526. The van der Waals surface area contributed by atoms with Gasteiger partial charge in [0.25, 0.3) is 0 Å². The monoisotopic (exact) mass is 289 g/mol. The van der Waals surface area contributed by atoms with Crippen molar-refractivity contribution in [3.63, 3.8) is 0 Å². The molecule has 1 saturated heterocycles. The second kappa shape index (κ2) is 12.1. The maximum Gasteiger partial charge on any atom is 0.209 e. The van der Waals surface area contributed by atoms with Crippen LogP contribution in [-0.2, 0) is 9.53 Å². The second-order valence-corrected chi connectivity index (χ2v) is 5.61. The molecule has 0 aromatic rings. The first-order valence-electron chi connectivity index (χ1n) is 7.35. The summed E-state index contributed by atoms with van der Waals surface area (Å²) in [5, 5.41) is 0. The number of methoxy groups -OCH3 is 1. The fourth-order valence-electron chi connectivity index (χ4n) is 2.04. The average molecular weight is 289 g/mol. The van der Waals surface area contributed by atoms with Crippen LogP contribution >= 0.6 is 0 Å². The van der Waals surface area contributed by atoms with Gasteiger partial charge in [0, 0.05) is 26.7 Å². The Morgan fingerprint density at radius 2 is 1.50 bits per heavy atom. The summed E-state index contributed by atoms with van der Waals surface area (Å²) in [5.74, 6) is 0. The van der Waals surface area contributed by atoms with Crippen LogP contribution in [0.2, 0.25) is 0 Å². The molecule has 1 fully saturated rings. The molecule has 1 aliphatic rings. The van der Waals surface area contributed by atoms with Crippen LogP contribution < -0.4 is 0 Å². The maximum atomic E-state index is 10.6. The first kappa shape index (κ1) is 21.6. The van der Waals surface area contributed by atoms with Gasteiger partial charge in [-0.15, -0.1) is 0 Å². The average Bonchev–Trinajstić information content (AvgIpc) is 2.40.